The van der Waals surface area contributed by atoms with E-state index >= 15 is 0 Å². The van der Waals surface area contributed by atoms with Gasteiger partial charge >= 0.3 is 0 Å². The summed E-state index contributed by atoms with van der Waals surface area (Å²) in [5.41, 5.74) is 7.54. The Kier molecular flexibility index (Phi) is 3.78. The van der Waals surface area contributed by atoms with Gasteiger partial charge in [0.05, 0.1) is 11.5 Å². The van der Waals surface area contributed by atoms with Crippen molar-refractivity contribution in [3.8, 4) is 0 Å². The van der Waals surface area contributed by atoms with Gasteiger partial charge in [0, 0.05) is 0 Å². The van der Waals surface area contributed by atoms with Crippen LogP contribution < -0.4 is 5.73 Å². The summed E-state index contributed by atoms with van der Waals surface area (Å²) in [7, 11) is -3.02. The van der Waals surface area contributed by atoms with Crippen LogP contribution in [0.2, 0.25) is 0 Å². The second kappa shape index (κ2) is 5.02. The second-order valence-electron chi connectivity index (χ2n) is 5.56. The molecule has 0 bridgehead atoms. The van der Waals surface area contributed by atoms with Gasteiger partial charge in [-0.15, -0.1) is 0 Å². The molecule has 0 unspecified atom stereocenters. The van der Waals surface area contributed by atoms with Crippen molar-refractivity contribution in [2.24, 2.45) is 11.1 Å². The average Bonchev–Trinajstić information content (AvgIpc) is 2.96. The molecule has 2 rings (SSSR count). The molecular weight excluding hydrogens is 246 g/mol. The molecule has 1 aliphatic carbocycles. The van der Waals surface area contributed by atoms with Crippen LogP contribution in [0.4, 0.5) is 0 Å². The van der Waals surface area contributed by atoms with E-state index in [0.717, 1.165) is 30.4 Å². The van der Waals surface area contributed by atoms with Gasteiger partial charge in [0.2, 0.25) is 0 Å². The fourth-order valence-corrected chi connectivity index (χ4v) is 4.68. The van der Waals surface area contributed by atoms with Crippen LogP contribution in [0, 0.1) is 12.3 Å². The third kappa shape index (κ3) is 3.56. The molecule has 2 N–H and O–H groups in total. The maximum absolute atomic E-state index is 12.2. The molecule has 0 atom stereocenters. The first kappa shape index (κ1) is 13.6. The Hall–Kier alpha value is -0.870. The number of sulfone groups is 1. The Morgan fingerprint density at radius 3 is 2.61 bits per heavy atom. The standard InChI is InChI=1S/C14H21NO2S/c1-12-3-2-4-13(9-12)10-18(16,17)11-14(5-6-14)7-8-15/h2-4,9H,5-8,10-11,15H2,1H3. The maximum Gasteiger partial charge on any atom is 0.154 e. The summed E-state index contributed by atoms with van der Waals surface area (Å²) in [6, 6.07) is 7.72. The van der Waals surface area contributed by atoms with Crippen LogP contribution in [-0.2, 0) is 15.6 Å². The van der Waals surface area contributed by atoms with E-state index in [9.17, 15) is 8.42 Å². The van der Waals surface area contributed by atoms with Crippen molar-refractivity contribution in [1.29, 1.82) is 0 Å². The lowest BCUT2D eigenvalue weighted by Crippen LogP contribution is -2.21. The quantitative estimate of drug-likeness (QED) is 0.858. The van der Waals surface area contributed by atoms with Gasteiger partial charge in [-0.2, -0.15) is 0 Å². The lowest BCUT2D eigenvalue weighted by molar-refractivity contribution is 0.510. The van der Waals surface area contributed by atoms with Crippen LogP contribution >= 0.6 is 0 Å². The molecule has 4 heteroatoms. The van der Waals surface area contributed by atoms with Gasteiger partial charge in [0.15, 0.2) is 9.84 Å². The highest BCUT2D eigenvalue weighted by Gasteiger charge is 2.44. The second-order valence-corrected chi connectivity index (χ2v) is 7.62. The minimum absolute atomic E-state index is 0.00257. The zero-order chi connectivity index (χ0) is 13.2. The topological polar surface area (TPSA) is 60.2 Å². The van der Waals surface area contributed by atoms with Crippen molar-refractivity contribution in [1.82, 2.24) is 0 Å². The molecule has 1 fully saturated rings. The molecule has 1 aromatic rings. The molecule has 1 saturated carbocycles. The minimum atomic E-state index is -3.02. The highest BCUT2D eigenvalue weighted by atomic mass is 32.2. The summed E-state index contributed by atoms with van der Waals surface area (Å²) >= 11 is 0. The van der Waals surface area contributed by atoms with E-state index in [0.29, 0.717) is 12.3 Å². The van der Waals surface area contributed by atoms with Gasteiger partial charge in [-0.1, -0.05) is 29.8 Å². The van der Waals surface area contributed by atoms with Crippen LogP contribution in [0.1, 0.15) is 30.4 Å². The van der Waals surface area contributed by atoms with Gasteiger partial charge in [0.1, 0.15) is 0 Å². The van der Waals surface area contributed by atoms with Crippen molar-refractivity contribution >= 4 is 9.84 Å². The molecule has 0 aliphatic heterocycles. The van der Waals surface area contributed by atoms with Crippen molar-refractivity contribution < 1.29 is 8.42 Å². The van der Waals surface area contributed by atoms with Crippen LogP contribution in [-0.4, -0.2) is 20.7 Å². The molecule has 3 nitrogen and oxygen atoms in total. The monoisotopic (exact) mass is 267 g/mol. The first-order chi connectivity index (χ1) is 8.45. The van der Waals surface area contributed by atoms with E-state index < -0.39 is 9.84 Å². The van der Waals surface area contributed by atoms with Crippen molar-refractivity contribution in [3.05, 3.63) is 35.4 Å². The largest absolute Gasteiger partial charge is 0.330 e. The molecule has 100 valence electrons. The lowest BCUT2D eigenvalue weighted by Gasteiger charge is -2.14. The molecule has 0 saturated heterocycles. The predicted molar refractivity (Wildman–Crippen MR) is 74.0 cm³/mol. The minimum Gasteiger partial charge on any atom is -0.330 e. The number of hydrogen-bond donors (Lipinski definition) is 1. The Morgan fingerprint density at radius 2 is 2.06 bits per heavy atom. The third-order valence-corrected chi connectivity index (χ3v) is 5.45. The van der Waals surface area contributed by atoms with Gasteiger partial charge in [-0.3, -0.25) is 0 Å². The van der Waals surface area contributed by atoms with Gasteiger partial charge < -0.3 is 5.73 Å². The van der Waals surface area contributed by atoms with Gasteiger partial charge in [-0.25, -0.2) is 8.42 Å². The van der Waals surface area contributed by atoms with Crippen molar-refractivity contribution in [3.63, 3.8) is 0 Å². The lowest BCUT2D eigenvalue weighted by atomic mass is 10.1. The number of nitrogens with two attached hydrogens (primary N) is 1. The molecule has 0 spiro atoms. The van der Waals surface area contributed by atoms with Crippen LogP contribution in [0.15, 0.2) is 24.3 Å². The maximum atomic E-state index is 12.2. The molecular formula is C14H21NO2S. The van der Waals surface area contributed by atoms with Crippen LogP contribution in [0.3, 0.4) is 0 Å². The summed E-state index contributed by atoms with van der Waals surface area (Å²) in [4.78, 5) is 0. The zero-order valence-corrected chi connectivity index (χ0v) is 11.7. The number of benzene rings is 1. The molecule has 0 radical (unpaired) electrons. The molecule has 0 aromatic heterocycles. The Labute approximate surface area is 109 Å². The number of aryl methyl sites for hydroxylation is 1. The van der Waals surface area contributed by atoms with E-state index in [-0.39, 0.29) is 11.2 Å². The van der Waals surface area contributed by atoms with E-state index in [1.807, 2.05) is 31.2 Å². The number of rotatable bonds is 6. The van der Waals surface area contributed by atoms with E-state index in [1.54, 1.807) is 0 Å². The summed E-state index contributed by atoms with van der Waals surface area (Å²) in [6.45, 7) is 2.56. The number of hydrogen-bond acceptors (Lipinski definition) is 3. The summed E-state index contributed by atoms with van der Waals surface area (Å²) in [5.74, 6) is 0.451. The molecule has 18 heavy (non-hydrogen) atoms. The highest BCUT2D eigenvalue weighted by Crippen LogP contribution is 2.49. The van der Waals surface area contributed by atoms with Gasteiger partial charge in [-0.05, 0) is 43.7 Å². The summed E-state index contributed by atoms with van der Waals surface area (Å²) in [5, 5.41) is 0. The third-order valence-electron chi connectivity index (χ3n) is 3.63. The molecule has 1 aliphatic rings. The first-order valence-electron chi connectivity index (χ1n) is 6.41. The Morgan fingerprint density at radius 1 is 1.33 bits per heavy atom. The van der Waals surface area contributed by atoms with E-state index in [4.69, 9.17) is 5.73 Å². The summed E-state index contributed by atoms with van der Waals surface area (Å²) < 4.78 is 24.4. The first-order valence-corrected chi connectivity index (χ1v) is 8.23. The normalized spacial score (nSPS) is 17.7. The van der Waals surface area contributed by atoms with Gasteiger partial charge in [0.25, 0.3) is 0 Å². The fraction of sp³-hybridized carbons (Fsp3) is 0.571. The molecule has 0 amide bonds. The summed E-state index contributed by atoms with van der Waals surface area (Å²) in [6.07, 6.45) is 2.86. The Bertz CT molecular complexity index is 518. The predicted octanol–water partition coefficient (Wildman–Crippen LogP) is 2.04. The van der Waals surface area contributed by atoms with Crippen LogP contribution in [0.25, 0.3) is 0 Å². The molecule has 1 aromatic carbocycles. The average molecular weight is 267 g/mol. The highest BCUT2D eigenvalue weighted by molar-refractivity contribution is 7.90. The smallest absolute Gasteiger partial charge is 0.154 e. The molecule has 0 heterocycles. The van der Waals surface area contributed by atoms with E-state index in [2.05, 4.69) is 0 Å². The van der Waals surface area contributed by atoms with Crippen LogP contribution in [0.5, 0.6) is 0 Å². The van der Waals surface area contributed by atoms with Crippen molar-refractivity contribution in [2.75, 3.05) is 12.3 Å². The fourth-order valence-electron chi connectivity index (χ4n) is 2.52. The Balaban J connectivity index is 2.04. The SMILES string of the molecule is Cc1cccc(CS(=O)(=O)CC2(CCN)CC2)c1. The van der Waals surface area contributed by atoms with E-state index in [1.165, 1.54) is 0 Å². The zero-order valence-electron chi connectivity index (χ0n) is 10.9. The van der Waals surface area contributed by atoms with Crippen molar-refractivity contribution in [2.45, 2.75) is 31.9 Å².